The van der Waals surface area contributed by atoms with Crippen LogP contribution in [-0.2, 0) is 4.74 Å². The fourth-order valence-corrected chi connectivity index (χ4v) is 1.59. The van der Waals surface area contributed by atoms with E-state index in [4.69, 9.17) is 9.47 Å². The molecular weight excluding hydrogens is 272 g/mol. The zero-order valence-corrected chi connectivity index (χ0v) is 12.2. The van der Waals surface area contributed by atoms with Gasteiger partial charge in [0.1, 0.15) is 5.75 Å². The van der Waals surface area contributed by atoms with Crippen molar-refractivity contribution >= 4 is 12.2 Å². The molecule has 0 spiro atoms. The zero-order chi connectivity index (χ0) is 15.3. The largest absolute Gasteiger partial charge is 0.458 e. The first-order chi connectivity index (χ1) is 10.2. The highest BCUT2D eigenvalue weighted by molar-refractivity contribution is 5.74. The molecule has 0 radical (unpaired) electrons. The van der Waals surface area contributed by atoms with Crippen LogP contribution in [0.4, 0.5) is 9.59 Å². The van der Waals surface area contributed by atoms with Gasteiger partial charge in [0.05, 0.1) is 6.61 Å². The lowest BCUT2D eigenvalue weighted by Gasteiger charge is -2.00. The van der Waals surface area contributed by atoms with Crippen molar-refractivity contribution in [3.63, 3.8) is 0 Å². The average Bonchev–Trinajstić information content (AvgIpc) is 2.50. The number of azo groups is 1. The second kappa shape index (κ2) is 10.5. The molecule has 6 nitrogen and oxygen atoms in total. The third kappa shape index (κ3) is 8.52. The topological polar surface area (TPSA) is 77.3 Å². The lowest BCUT2D eigenvalue weighted by molar-refractivity contribution is 0.151. The zero-order valence-electron chi connectivity index (χ0n) is 12.2. The van der Waals surface area contributed by atoms with Crippen molar-refractivity contribution in [1.82, 2.24) is 0 Å². The molecule has 1 aromatic rings. The van der Waals surface area contributed by atoms with E-state index in [1.807, 2.05) is 0 Å². The van der Waals surface area contributed by atoms with E-state index in [0.29, 0.717) is 5.75 Å². The van der Waals surface area contributed by atoms with Crippen LogP contribution < -0.4 is 4.74 Å². The van der Waals surface area contributed by atoms with Crippen LogP contribution in [0.25, 0.3) is 0 Å². The minimum absolute atomic E-state index is 0.287. The highest BCUT2D eigenvalue weighted by atomic mass is 16.6. The summed E-state index contributed by atoms with van der Waals surface area (Å²) in [5, 5.41) is 6.28. The Kier molecular flexibility index (Phi) is 8.44. The molecule has 1 rings (SSSR count). The predicted octanol–water partition coefficient (Wildman–Crippen LogP) is 4.74. The van der Waals surface area contributed by atoms with Gasteiger partial charge in [0.25, 0.3) is 0 Å². The summed E-state index contributed by atoms with van der Waals surface area (Å²) < 4.78 is 9.64. The van der Waals surface area contributed by atoms with Crippen LogP contribution in [0.1, 0.15) is 39.0 Å². The number of carbonyl (C=O) groups excluding carboxylic acids is 2. The number of hydrogen-bond acceptors (Lipinski definition) is 4. The van der Waals surface area contributed by atoms with E-state index in [9.17, 15) is 9.59 Å². The predicted molar refractivity (Wildman–Crippen MR) is 77.4 cm³/mol. The third-order valence-corrected chi connectivity index (χ3v) is 2.64. The van der Waals surface area contributed by atoms with E-state index >= 15 is 0 Å². The molecule has 0 aliphatic heterocycles. The maximum absolute atomic E-state index is 11.3. The number of unbranched alkanes of at least 4 members (excludes halogenated alkanes) is 4. The second-order valence-corrected chi connectivity index (χ2v) is 4.41. The van der Waals surface area contributed by atoms with Crippen molar-refractivity contribution in [3.05, 3.63) is 30.3 Å². The minimum Gasteiger partial charge on any atom is -0.447 e. The maximum atomic E-state index is 11.3. The van der Waals surface area contributed by atoms with Crippen molar-refractivity contribution in [2.24, 2.45) is 10.2 Å². The van der Waals surface area contributed by atoms with E-state index < -0.39 is 12.2 Å². The molecule has 114 valence electrons. The quantitative estimate of drug-likeness (QED) is 0.537. The van der Waals surface area contributed by atoms with Crippen molar-refractivity contribution < 1.29 is 19.1 Å². The molecule has 0 aliphatic rings. The van der Waals surface area contributed by atoms with Gasteiger partial charge in [0, 0.05) is 0 Å². The van der Waals surface area contributed by atoms with Gasteiger partial charge in [-0.1, -0.05) is 61.0 Å². The van der Waals surface area contributed by atoms with Gasteiger partial charge < -0.3 is 9.47 Å². The van der Waals surface area contributed by atoms with Crippen LogP contribution >= 0.6 is 0 Å². The Labute approximate surface area is 124 Å². The van der Waals surface area contributed by atoms with Gasteiger partial charge in [0.15, 0.2) is 0 Å². The number of amides is 2. The highest BCUT2D eigenvalue weighted by Gasteiger charge is 2.05. The van der Waals surface area contributed by atoms with Crippen molar-refractivity contribution in [1.29, 1.82) is 0 Å². The number of nitrogens with zero attached hydrogens (tertiary/aromatic N) is 2. The Hall–Kier alpha value is -2.24. The summed E-state index contributed by atoms with van der Waals surface area (Å²) in [4.78, 5) is 22.5. The van der Waals surface area contributed by atoms with Crippen LogP contribution in [0.3, 0.4) is 0 Å². The van der Waals surface area contributed by atoms with E-state index in [2.05, 4.69) is 17.2 Å². The summed E-state index contributed by atoms with van der Waals surface area (Å²) in [5.74, 6) is 0.339. The summed E-state index contributed by atoms with van der Waals surface area (Å²) in [6.45, 7) is 2.42. The van der Waals surface area contributed by atoms with Crippen LogP contribution in [0, 0.1) is 0 Å². The minimum atomic E-state index is -0.957. The Morgan fingerprint density at radius 1 is 0.952 bits per heavy atom. The number of benzene rings is 1. The molecular formula is C15H20N2O4. The molecule has 21 heavy (non-hydrogen) atoms. The molecule has 0 saturated carbocycles. The molecule has 0 atom stereocenters. The van der Waals surface area contributed by atoms with Crippen molar-refractivity contribution in [3.8, 4) is 5.75 Å². The number of carbonyl (C=O) groups is 2. The van der Waals surface area contributed by atoms with Gasteiger partial charge in [-0.25, -0.2) is 9.59 Å². The second-order valence-electron chi connectivity index (χ2n) is 4.41. The number of rotatable bonds is 7. The van der Waals surface area contributed by atoms with Crippen molar-refractivity contribution in [2.75, 3.05) is 6.61 Å². The molecule has 0 aromatic heterocycles. The summed E-state index contributed by atoms with van der Waals surface area (Å²) in [6.07, 6.45) is 3.43. The smallest absolute Gasteiger partial charge is 0.447 e. The van der Waals surface area contributed by atoms with Crippen molar-refractivity contribution in [2.45, 2.75) is 39.0 Å². The molecule has 0 unspecified atom stereocenters. The molecule has 0 N–H and O–H groups in total. The van der Waals surface area contributed by atoms with Gasteiger partial charge >= 0.3 is 12.2 Å². The van der Waals surface area contributed by atoms with Crippen LogP contribution in [-0.4, -0.2) is 18.8 Å². The van der Waals surface area contributed by atoms with Crippen LogP contribution in [0.5, 0.6) is 5.75 Å². The fraction of sp³-hybridized carbons (Fsp3) is 0.467. The van der Waals surface area contributed by atoms with E-state index in [-0.39, 0.29) is 6.61 Å². The first-order valence-corrected chi connectivity index (χ1v) is 7.07. The molecule has 0 fully saturated rings. The van der Waals surface area contributed by atoms with Gasteiger partial charge in [-0.15, -0.1) is 0 Å². The molecule has 0 heterocycles. The summed E-state index contributed by atoms with van der Waals surface area (Å²) in [6, 6.07) is 8.42. The van der Waals surface area contributed by atoms with Crippen LogP contribution in [0.15, 0.2) is 40.6 Å². The lowest BCUT2D eigenvalue weighted by atomic mass is 10.2. The molecule has 1 aromatic carbocycles. The van der Waals surface area contributed by atoms with Gasteiger partial charge in [-0.3, -0.25) is 0 Å². The molecule has 0 aliphatic carbocycles. The van der Waals surface area contributed by atoms with E-state index in [0.717, 1.165) is 25.7 Å². The number of hydrogen-bond donors (Lipinski definition) is 0. The average molecular weight is 292 g/mol. The highest BCUT2D eigenvalue weighted by Crippen LogP contribution is 2.09. The Balaban J connectivity index is 2.16. The molecule has 2 amide bonds. The summed E-state index contributed by atoms with van der Waals surface area (Å²) in [5.41, 5.74) is 0. The van der Waals surface area contributed by atoms with Gasteiger partial charge in [-0.05, 0) is 18.6 Å². The number of ether oxygens (including phenoxy) is 2. The third-order valence-electron chi connectivity index (χ3n) is 2.64. The monoisotopic (exact) mass is 292 g/mol. The fourth-order valence-electron chi connectivity index (χ4n) is 1.59. The molecule has 0 bridgehead atoms. The van der Waals surface area contributed by atoms with Gasteiger partial charge in [-0.2, -0.15) is 0 Å². The normalized spacial score (nSPS) is 10.5. The SMILES string of the molecule is CCCCCCCOC(=O)N=NC(=O)Oc1ccccc1. The standard InChI is InChI=1S/C15H20N2O4/c1-2-3-4-5-9-12-20-14(18)16-17-15(19)21-13-10-7-6-8-11-13/h6-8,10-11H,2-5,9,12H2,1H3. The molecule has 6 heteroatoms. The Morgan fingerprint density at radius 2 is 1.62 bits per heavy atom. The first kappa shape index (κ1) is 16.8. The lowest BCUT2D eigenvalue weighted by Crippen LogP contribution is -2.04. The summed E-state index contributed by atoms with van der Waals surface area (Å²) >= 11 is 0. The Bertz CT molecular complexity index is 460. The molecule has 0 saturated heterocycles. The maximum Gasteiger partial charge on any atom is 0.458 e. The number of para-hydroxylation sites is 1. The van der Waals surface area contributed by atoms with Gasteiger partial charge in [0.2, 0.25) is 0 Å². The Morgan fingerprint density at radius 3 is 2.33 bits per heavy atom. The van der Waals surface area contributed by atoms with Crippen LogP contribution in [0.2, 0.25) is 0 Å². The summed E-state index contributed by atoms with van der Waals surface area (Å²) in [7, 11) is 0. The van der Waals surface area contributed by atoms with E-state index in [1.165, 1.54) is 6.42 Å². The van der Waals surface area contributed by atoms with E-state index in [1.54, 1.807) is 30.3 Å². The first-order valence-electron chi connectivity index (χ1n) is 7.07.